The van der Waals surface area contributed by atoms with Gasteiger partial charge in [0, 0.05) is 13.0 Å². The minimum atomic E-state index is -1.57. The molecule has 39 heavy (non-hydrogen) atoms. The lowest BCUT2D eigenvalue weighted by Gasteiger charge is -2.29. The van der Waals surface area contributed by atoms with Crippen molar-refractivity contribution < 1.29 is 43.8 Å². The van der Waals surface area contributed by atoms with Crippen molar-refractivity contribution in [3.05, 3.63) is 35.9 Å². The van der Waals surface area contributed by atoms with Crippen molar-refractivity contribution in [2.24, 2.45) is 5.73 Å². The summed E-state index contributed by atoms with van der Waals surface area (Å²) < 4.78 is 0. The number of aliphatic carboxylic acids is 2. The summed E-state index contributed by atoms with van der Waals surface area (Å²) in [5, 5.41) is 26.9. The highest BCUT2D eigenvalue weighted by Crippen LogP contribution is 2.20. The Kier molecular flexibility index (Phi) is 11.8. The molecule has 1 fully saturated rings. The summed E-state index contributed by atoms with van der Waals surface area (Å²) in [6, 6.07) is 5.28. The summed E-state index contributed by atoms with van der Waals surface area (Å²) in [5.41, 5.74) is 6.16. The molecule has 0 aromatic heterocycles. The van der Waals surface area contributed by atoms with Gasteiger partial charge in [-0.1, -0.05) is 30.3 Å². The maximum Gasteiger partial charge on any atom is 0.322 e. The van der Waals surface area contributed by atoms with Gasteiger partial charge in [0.25, 0.3) is 0 Å². The van der Waals surface area contributed by atoms with Gasteiger partial charge in [-0.3, -0.25) is 33.6 Å². The first-order valence-corrected chi connectivity index (χ1v) is 12.1. The Balaban J connectivity index is 2.11. The fourth-order valence-electron chi connectivity index (χ4n) is 3.99. The third kappa shape index (κ3) is 10.0. The number of hydrogen-bond acceptors (Lipinski definition) is 8. The molecule has 0 radical (unpaired) electrons. The molecule has 3 atom stereocenters. The van der Waals surface area contributed by atoms with Crippen molar-refractivity contribution in [1.82, 2.24) is 26.2 Å². The monoisotopic (exact) mass is 548 g/mol. The Morgan fingerprint density at radius 1 is 0.897 bits per heavy atom. The molecule has 1 aromatic rings. The first kappa shape index (κ1) is 30.7. The quantitative estimate of drug-likeness (QED) is 0.124. The van der Waals surface area contributed by atoms with Gasteiger partial charge in [-0.2, -0.15) is 0 Å². The van der Waals surface area contributed by atoms with E-state index in [0.29, 0.717) is 6.42 Å². The van der Waals surface area contributed by atoms with Crippen LogP contribution >= 0.6 is 0 Å². The van der Waals surface area contributed by atoms with Gasteiger partial charge in [0.1, 0.15) is 24.7 Å². The molecule has 1 aliphatic heterocycles. The number of nitrogens with zero attached hydrogens (tertiary/aromatic N) is 1. The molecule has 0 bridgehead atoms. The van der Waals surface area contributed by atoms with Crippen molar-refractivity contribution in [2.75, 3.05) is 26.2 Å². The normalized spacial score (nSPS) is 15.9. The molecule has 0 aliphatic carbocycles. The largest absolute Gasteiger partial charge is 0.481 e. The molecule has 0 unspecified atom stereocenters. The van der Waals surface area contributed by atoms with Crippen LogP contribution in [0.4, 0.5) is 0 Å². The van der Waals surface area contributed by atoms with Gasteiger partial charge in [-0.15, -0.1) is 0 Å². The van der Waals surface area contributed by atoms with Gasteiger partial charge in [0.05, 0.1) is 19.5 Å². The number of hydrogen-bond donors (Lipinski definition) is 7. The second-order valence-corrected chi connectivity index (χ2v) is 8.75. The second kappa shape index (κ2) is 15.0. The zero-order valence-corrected chi connectivity index (χ0v) is 21.1. The average Bonchev–Trinajstić information content (AvgIpc) is 3.39. The Bertz CT molecular complexity index is 1080. The van der Waals surface area contributed by atoms with Crippen LogP contribution in [0.5, 0.6) is 0 Å². The molecule has 1 saturated heterocycles. The number of nitrogens with one attached hydrogen (secondary N) is 4. The van der Waals surface area contributed by atoms with Crippen LogP contribution in [0.25, 0.3) is 0 Å². The third-order valence-corrected chi connectivity index (χ3v) is 5.81. The highest BCUT2D eigenvalue weighted by atomic mass is 16.4. The van der Waals surface area contributed by atoms with Crippen LogP contribution in [0, 0.1) is 0 Å². The van der Waals surface area contributed by atoms with Crippen LogP contribution in [0.1, 0.15) is 24.8 Å². The van der Waals surface area contributed by atoms with Crippen LogP contribution in [-0.2, 0) is 40.0 Å². The Hall–Kier alpha value is -4.53. The SMILES string of the molecule is NCC(=O)N[C@@H](Cc1ccccc1)C(=O)N1CCC[C@H]1C(=O)N[C@@H](CC(=O)O)C(=O)NCC(=O)NCC(=O)O. The van der Waals surface area contributed by atoms with Gasteiger partial charge in [-0.25, -0.2) is 0 Å². The molecule has 5 amide bonds. The zero-order chi connectivity index (χ0) is 28.9. The maximum atomic E-state index is 13.4. The molecule has 0 spiro atoms. The summed E-state index contributed by atoms with van der Waals surface area (Å²) in [6.07, 6.45) is 0.0220. The molecular formula is C24H32N6O9. The number of benzene rings is 1. The molecule has 8 N–H and O–H groups in total. The van der Waals surface area contributed by atoms with E-state index < -0.39 is 79.1 Å². The number of rotatable bonds is 14. The van der Waals surface area contributed by atoms with Gasteiger partial charge < -0.3 is 42.1 Å². The van der Waals surface area contributed by atoms with Crippen molar-refractivity contribution in [3.63, 3.8) is 0 Å². The van der Waals surface area contributed by atoms with Gasteiger partial charge in [0.15, 0.2) is 0 Å². The van der Waals surface area contributed by atoms with Crippen LogP contribution in [0.2, 0.25) is 0 Å². The lowest BCUT2D eigenvalue weighted by atomic mass is 10.0. The first-order valence-electron chi connectivity index (χ1n) is 12.1. The summed E-state index contributed by atoms with van der Waals surface area (Å²) in [5.74, 6) is -6.39. The van der Waals surface area contributed by atoms with Crippen molar-refractivity contribution >= 4 is 41.5 Å². The molecule has 212 valence electrons. The average molecular weight is 549 g/mol. The number of carboxylic acid groups (broad SMARTS) is 2. The predicted molar refractivity (Wildman–Crippen MR) is 134 cm³/mol. The third-order valence-electron chi connectivity index (χ3n) is 5.81. The summed E-state index contributed by atoms with van der Waals surface area (Å²) in [4.78, 5) is 85.8. The van der Waals surface area contributed by atoms with Gasteiger partial charge >= 0.3 is 11.9 Å². The molecule has 2 rings (SSSR count). The second-order valence-electron chi connectivity index (χ2n) is 8.75. The number of carbonyl (C=O) groups excluding carboxylic acids is 5. The fourth-order valence-corrected chi connectivity index (χ4v) is 3.99. The zero-order valence-electron chi connectivity index (χ0n) is 21.1. The van der Waals surface area contributed by atoms with Crippen LogP contribution in [0.3, 0.4) is 0 Å². The summed E-state index contributed by atoms with van der Waals surface area (Å²) >= 11 is 0. The smallest absolute Gasteiger partial charge is 0.322 e. The first-order chi connectivity index (χ1) is 18.5. The fraction of sp³-hybridized carbons (Fsp3) is 0.458. The molecular weight excluding hydrogens is 516 g/mol. The van der Waals surface area contributed by atoms with E-state index in [0.717, 1.165) is 5.56 Å². The van der Waals surface area contributed by atoms with E-state index in [1.807, 2.05) is 5.32 Å². The molecule has 1 aliphatic rings. The topological polar surface area (TPSA) is 237 Å². The van der Waals surface area contributed by atoms with Crippen LogP contribution < -0.4 is 27.0 Å². The van der Waals surface area contributed by atoms with Crippen LogP contribution in [-0.4, -0.2) is 101 Å². The number of likely N-dealkylation sites (tertiary alicyclic amines) is 1. The minimum absolute atomic E-state index is 0.143. The predicted octanol–water partition coefficient (Wildman–Crippen LogP) is -3.06. The molecule has 0 saturated carbocycles. The van der Waals surface area contributed by atoms with Crippen molar-refractivity contribution in [1.29, 1.82) is 0 Å². The number of carboxylic acids is 2. The lowest BCUT2D eigenvalue weighted by molar-refractivity contribution is -0.143. The van der Waals surface area contributed by atoms with E-state index in [1.54, 1.807) is 30.3 Å². The molecule has 1 heterocycles. The number of carbonyl (C=O) groups is 7. The van der Waals surface area contributed by atoms with E-state index in [2.05, 4.69) is 16.0 Å². The van der Waals surface area contributed by atoms with Gasteiger partial charge in [-0.05, 0) is 18.4 Å². The van der Waals surface area contributed by atoms with E-state index in [1.165, 1.54) is 4.90 Å². The highest BCUT2D eigenvalue weighted by molar-refractivity contribution is 5.96. The summed E-state index contributed by atoms with van der Waals surface area (Å²) in [7, 11) is 0. The van der Waals surface area contributed by atoms with Crippen LogP contribution in [0.15, 0.2) is 30.3 Å². The number of nitrogens with two attached hydrogens (primary N) is 1. The Morgan fingerprint density at radius 3 is 2.21 bits per heavy atom. The van der Waals surface area contributed by atoms with E-state index in [4.69, 9.17) is 10.8 Å². The maximum absolute atomic E-state index is 13.4. The standard InChI is InChI=1S/C24H32N6O9/c25-11-18(31)28-16(9-14-5-2-1-3-6-14)24(39)30-8-4-7-17(30)23(38)29-15(10-20(33)34)22(37)27-12-19(32)26-13-21(35)36/h1-3,5-6,15-17H,4,7-13,25H2,(H,26,32)(H,27,37)(H,28,31)(H,29,38)(H,33,34)(H,35,36)/t15-,16-,17-/m0/s1. The molecule has 15 heteroatoms. The summed E-state index contributed by atoms with van der Waals surface area (Å²) in [6.45, 7) is -1.47. The lowest BCUT2D eigenvalue weighted by Crippen LogP contribution is -2.57. The Labute approximate surface area is 223 Å². The van der Waals surface area contributed by atoms with Crippen molar-refractivity contribution in [3.8, 4) is 0 Å². The van der Waals surface area contributed by atoms with E-state index >= 15 is 0 Å². The van der Waals surface area contributed by atoms with E-state index in [-0.39, 0.29) is 25.9 Å². The highest BCUT2D eigenvalue weighted by Gasteiger charge is 2.39. The minimum Gasteiger partial charge on any atom is -0.481 e. The number of amides is 5. The molecule has 1 aromatic carbocycles. The van der Waals surface area contributed by atoms with Gasteiger partial charge in [0.2, 0.25) is 29.5 Å². The Morgan fingerprint density at radius 2 is 1.59 bits per heavy atom. The van der Waals surface area contributed by atoms with Crippen molar-refractivity contribution in [2.45, 2.75) is 43.8 Å². The molecule has 15 nitrogen and oxygen atoms in total. The van der Waals surface area contributed by atoms with E-state index in [9.17, 15) is 38.7 Å².